The van der Waals surface area contributed by atoms with Crippen molar-refractivity contribution in [2.45, 2.75) is 42.2 Å². The second-order valence-corrected chi connectivity index (χ2v) is 10.1. The van der Waals surface area contributed by atoms with Crippen molar-refractivity contribution in [3.63, 3.8) is 0 Å². The number of rotatable bonds is 4. The number of carbonyl (C=O) groups excluding carboxylic acids is 1. The van der Waals surface area contributed by atoms with Gasteiger partial charge in [-0.3, -0.25) is 4.79 Å². The number of hydrogen-bond donors (Lipinski definition) is 2. The van der Waals surface area contributed by atoms with E-state index in [0.29, 0.717) is 36.4 Å². The molecule has 1 heterocycles. The van der Waals surface area contributed by atoms with Crippen LogP contribution in [-0.2, 0) is 14.6 Å². The summed E-state index contributed by atoms with van der Waals surface area (Å²) < 4.78 is 25.4. The number of halogens is 1. The van der Waals surface area contributed by atoms with Crippen molar-refractivity contribution in [3.05, 3.63) is 59.2 Å². The van der Waals surface area contributed by atoms with E-state index < -0.39 is 20.5 Å². The van der Waals surface area contributed by atoms with Gasteiger partial charge in [-0.05, 0) is 68.3 Å². The van der Waals surface area contributed by atoms with Crippen LogP contribution in [-0.4, -0.2) is 24.1 Å². The Hall–Kier alpha value is -2.31. The van der Waals surface area contributed by atoms with Gasteiger partial charge in [-0.2, -0.15) is 0 Å². The maximum atomic E-state index is 13.4. The van der Waals surface area contributed by atoms with Crippen LogP contribution in [0.5, 0.6) is 0 Å². The smallest absolute Gasteiger partial charge is 0.246 e. The fraction of sp³-hybridized carbons (Fsp3) is 0.286. The molecule has 1 fully saturated rings. The fourth-order valence-electron chi connectivity index (χ4n) is 4.00. The molecule has 3 aromatic rings. The van der Waals surface area contributed by atoms with E-state index in [1.165, 1.54) is 24.3 Å². The molecule has 0 aliphatic heterocycles. The molecule has 2 N–H and O–H groups in total. The van der Waals surface area contributed by atoms with Gasteiger partial charge in [-0.15, -0.1) is 0 Å². The molecule has 2 aromatic carbocycles. The highest BCUT2D eigenvalue weighted by Crippen LogP contribution is 2.41. The van der Waals surface area contributed by atoms with Crippen molar-refractivity contribution >= 4 is 43.9 Å². The number of fused-ring (bicyclic) bond motifs is 1. The SMILES string of the molecule is Cc1cc2cc(NC(=O)C3(S(=O)(=O)c4ccc(Cl)cc4)CCCC3)ccc2[nH]1. The Morgan fingerprint density at radius 2 is 1.75 bits per heavy atom. The third kappa shape index (κ3) is 3.10. The Kier molecular flexibility index (Phi) is 4.71. The molecule has 0 radical (unpaired) electrons. The number of amides is 1. The van der Waals surface area contributed by atoms with Crippen LogP contribution in [0.2, 0.25) is 5.02 Å². The standard InChI is InChI=1S/C21H21ClN2O3S/c1-14-12-15-13-17(6-9-19(15)23-14)24-20(25)21(10-2-3-11-21)28(26,27)18-7-4-16(22)5-8-18/h4-9,12-13,23H,2-3,10-11H2,1H3,(H,24,25). The summed E-state index contributed by atoms with van der Waals surface area (Å²) in [5.74, 6) is -0.466. The summed E-state index contributed by atoms with van der Waals surface area (Å²) in [5, 5.41) is 4.28. The predicted molar refractivity (Wildman–Crippen MR) is 112 cm³/mol. The summed E-state index contributed by atoms with van der Waals surface area (Å²) in [7, 11) is -3.85. The Bertz CT molecular complexity index is 1140. The third-order valence-corrected chi connectivity index (χ3v) is 8.24. The highest BCUT2D eigenvalue weighted by Gasteiger charge is 2.52. The molecule has 1 saturated carbocycles. The zero-order chi connectivity index (χ0) is 19.9. The molecule has 7 heteroatoms. The zero-order valence-electron chi connectivity index (χ0n) is 15.5. The van der Waals surface area contributed by atoms with Gasteiger partial charge < -0.3 is 10.3 Å². The molecule has 1 aromatic heterocycles. The van der Waals surface area contributed by atoms with Crippen molar-refractivity contribution in [2.75, 3.05) is 5.32 Å². The van der Waals surface area contributed by atoms with Crippen LogP contribution in [0.25, 0.3) is 10.9 Å². The van der Waals surface area contributed by atoms with Crippen molar-refractivity contribution in [3.8, 4) is 0 Å². The van der Waals surface area contributed by atoms with Crippen LogP contribution in [0.4, 0.5) is 5.69 Å². The lowest BCUT2D eigenvalue weighted by molar-refractivity contribution is -0.118. The van der Waals surface area contributed by atoms with Gasteiger partial charge in [0.15, 0.2) is 14.6 Å². The van der Waals surface area contributed by atoms with E-state index in [-0.39, 0.29) is 4.90 Å². The molecule has 0 atom stereocenters. The molecule has 4 rings (SSSR count). The Balaban J connectivity index is 1.69. The number of benzene rings is 2. The molecule has 146 valence electrons. The van der Waals surface area contributed by atoms with Gasteiger partial charge in [0.25, 0.3) is 0 Å². The lowest BCUT2D eigenvalue weighted by atomic mass is 10.1. The van der Waals surface area contributed by atoms with Crippen molar-refractivity contribution in [2.24, 2.45) is 0 Å². The quantitative estimate of drug-likeness (QED) is 0.637. The van der Waals surface area contributed by atoms with Gasteiger partial charge in [0, 0.05) is 27.3 Å². The fourth-order valence-corrected chi connectivity index (χ4v) is 6.20. The Morgan fingerprint density at radius 3 is 2.43 bits per heavy atom. The molecule has 1 amide bonds. The normalized spacial score (nSPS) is 16.4. The largest absolute Gasteiger partial charge is 0.359 e. The number of nitrogens with one attached hydrogen (secondary N) is 2. The first-order valence-corrected chi connectivity index (χ1v) is 11.1. The summed E-state index contributed by atoms with van der Waals surface area (Å²) >= 11 is 5.90. The van der Waals surface area contributed by atoms with Gasteiger partial charge in [-0.1, -0.05) is 24.4 Å². The minimum atomic E-state index is -3.85. The number of H-pyrrole nitrogens is 1. The number of anilines is 1. The lowest BCUT2D eigenvalue weighted by Crippen LogP contribution is -2.47. The number of sulfone groups is 1. The van der Waals surface area contributed by atoms with E-state index in [1.54, 1.807) is 6.07 Å². The maximum absolute atomic E-state index is 13.4. The monoisotopic (exact) mass is 416 g/mol. The van der Waals surface area contributed by atoms with Crippen molar-refractivity contribution in [1.29, 1.82) is 0 Å². The Morgan fingerprint density at radius 1 is 1.07 bits per heavy atom. The van der Waals surface area contributed by atoms with Crippen LogP contribution in [0.3, 0.4) is 0 Å². The first kappa shape index (κ1) is 19.0. The van der Waals surface area contributed by atoms with Gasteiger partial charge in [0.2, 0.25) is 5.91 Å². The van der Waals surface area contributed by atoms with Gasteiger partial charge in [-0.25, -0.2) is 8.42 Å². The van der Waals surface area contributed by atoms with E-state index in [2.05, 4.69) is 10.3 Å². The summed E-state index contributed by atoms with van der Waals surface area (Å²) in [6.45, 7) is 1.96. The molecular weight excluding hydrogens is 396 g/mol. The summed E-state index contributed by atoms with van der Waals surface area (Å²) in [6, 6.07) is 13.5. The second kappa shape index (κ2) is 6.94. The second-order valence-electron chi connectivity index (χ2n) is 7.37. The predicted octanol–water partition coefficient (Wildman–Crippen LogP) is 4.85. The van der Waals surface area contributed by atoms with E-state index in [1.807, 2.05) is 25.1 Å². The van der Waals surface area contributed by atoms with Crippen molar-refractivity contribution < 1.29 is 13.2 Å². The Labute approximate surface area is 169 Å². The van der Waals surface area contributed by atoms with Crippen LogP contribution in [0, 0.1) is 6.92 Å². The van der Waals surface area contributed by atoms with E-state index >= 15 is 0 Å². The number of aryl methyl sites for hydroxylation is 1. The van der Waals surface area contributed by atoms with E-state index in [9.17, 15) is 13.2 Å². The average molecular weight is 417 g/mol. The topological polar surface area (TPSA) is 79.0 Å². The summed E-state index contributed by atoms with van der Waals surface area (Å²) in [5.41, 5.74) is 2.59. The van der Waals surface area contributed by atoms with Crippen LogP contribution < -0.4 is 5.32 Å². The van der Waals surface area contributed by atoms with Crippen molar-refractivity contribution in [1.82, 2.24) is 4.98 Å². The highest BCUT2D eigenvalue weighted by molar-refractivity contribution is 7.93. The first-order valence-electron chi connectivity index (χ1n) is 9.23. The van der Waals surface area contributed by atoms with Gasteiger partial charge in [0.1, 0.15) is 0 Å². The van der Waals surface area contributed by atoms with Crippen LogP contribution >= 0.6 is 11.6 Å². The van der Waals surface area contributed by atoms with E-state index in [0.717, 1.165) is 16.6 Å². The number of hydrogen-bond acceptors (Lipinski definition) is 3. The van der Waals surface area contributed by atoms with E-state index in [4.69, 9.17) is 11.6 Å². The summed E-state index contributed by atoms with van der Waals surface area (Å²) in [6.07, 6.45) is 2.04. The van der Waals surface area contributed by atoms with Crippen LogP contribution in [0.1, 0.15) is 31.4 Å². The molecule has 1 aliphatic rings. The molecule has 28 heavy (non-hydrogen) atoms. The molecule has 5 nitrogen and oxygen atoms in total. The third-order valence-electron chi connectivity index (χ3n) is 5.48. The summed E-state index contributed by atoms with van der Waals surface area (Å²) in [4.78, 5) is 16.6. The maximum Gasteiger partial charge on any atom is 0.246 e. The van der Waals surface area contributed by atoms with Crippen LogP contribution in [0.15, 0.2) is 53.4 Å². The number of aromatic nitrogens is 1. The molecule has 0 saturated heterocycles. The lowest BCUT2D eigenvalue weighted by Gasteiger charge is -2.27. The first-order chi connectivity index (χ1) is 13.3. The molecule has 0 unspecified atom stereocenters. The highest BCUT2D eigenvalue weighted by atomic mass is 35.5. The molecule has 0 spiro atoms. The zero-order valence-corrected chi connectivity index (χ0v) is 17.0. The molecule has 1 aliphatic carbocycles. The molecular formula is C21H21ClN2O3S. The van der Waals surface area contributed by atoms with Gasteiger partial charge in [0.05, 0.1) is 4.90 Å². The number of carbonyl (C=O) groups is 1. The molecule has 0 bridgehead atoms. The van der Waals surface area contributed by atoms with Gasteiger partial charge >= 0.3 is 0 Å². The number of aromatic amines is 1. The minimum Gasteiger partial charge on any atom is -0.359 e. The minimum absolute atomic E-state index is 0.130. The average Bonchev–Trinajstić information content (AvgIpc) is 3.28.